The van der Waals surface area contributed by atoms with Gasteiger partial charge in [0.25, 0.3) is 0 Å². The van der Waals surface area contributed by atoms with Gasteiger partial charge in [0.2, 0.25) is 17.7 Å². The fourth-order valence-corrected chi connectivity index (χ4v) is 3.63. The molecule has 0 spiro atoms. The summed E-state index contributed by atoms with van der Waals surface area (Å²) in [6, 6.07) is -4.18. The highest BCUT2D eigenvalue weighted by Gasteiger charge is 2.32. The van der Waals surface area contributed by atoms with E-state index in [-0.39, 0.29) is 25.2 Å². The number of hydrogen-bond acceptors (Lipinski definition) is 8. The average Bonchev–Trinajstić information content (AvgIpc) is 3.55. The van der Waals surface area contributed by atoms with Gasteiger partial charge in [-0.05, 0) is 31.7 Å². The summed E-state index contributed by atoms with van der Waals surface area (Å²) in [6.45, 7) is 3.86. The van der Waals surface area contributed by atoms with Crippen molar-refractivity contribution in [3.8, 4) is 0 Å². The van der Waals surface area contributed by atoms with Gasteiger partial charge in [0.15, 0.2) is 0 Å². The normalized spacial score (nSPS) is 14.4. The molecule has 0 saturated heterocycles. The molecule has 14 heteroatoms. The van der Waals surface area contributed by atoms with E-state index in [2.05, 4.69) is 35.9 Å². The van der Waals surface area contributed by atoms with E-state index in [1.165, 1.54) is 18.9 Å². The maximum absolute atomic E-state index is 13.3. The van der Waals surface area contributed by atoms with E-state index < -0.39 is 47.9 Å². The van der Waals surface area contributed by atoms with Crippen LogP contribution in [-0.4, -0.2) is 79.4 Å². The second kappa shape index (κ2) is 14.7. The molecule has 0 aromatic carbocycles. The van der Waals surface area contributed by atoms with Crippen molar-refractivity contribution in [2.75, 3.05) is 6.54 Å². The second-order valence-electron chi connectivity index (χ2n) is 9.14. The van der Waals surface area contributed by atoms with Crippen LogP contribution < -0.4 is 27.4 Å². The van der Waals surface area contributed by atoms with Crippen LogP contribution in [0.25, 0.3) is 0 Å². The molecule has 0 fully saturated rings. The number of nitrogens with one attached hydrogen (secondary N) is 5. The summed E-state index contributed by atoms with van der Waals surface area (Å²) in [4.78, 5) is 64.2. The molecule has 0 aliphatic rings. The number of H-pyrrole nitrogens is 2. The van der Waals surface area contributed by atoms with Gasteiger partial charge in [0, 0.05) is 36.6 Å². The van der Waals surface area contributed by atoms with Gasteiger partial charge in [-0.1, -0.05) is 13.8 Å². The number of rotatable bonds is 16. The van der Waals surface area contributed by atoms with Crippen molar-refractivity contribution in [3.05, 3.63) is 36.4 Å². The van der Waals surface area contributed by atoms with Crippen molar-refractivity contribution in [3.63, 3.8) is 0 Å². The van der Waals surface area contributed by atoms with Gasteiger partial charge in [-0.25, -0.2) is 14.8 Å². The number of aromatic nitrogens is 4. The first-order valence-corrected chi connectivity index (χ1v) is 12.2. The quantitative estimate of drug-likeness (QED) is 0.121. The van der Waals surface area contributed by atoms with Crippen LogP contribution in [0, 0.1) is 5.92 Å². The van der Waals surface area contributed by atoms with Crippen LogP contribution in [0.15, 0.2) is 25.0 Å². The van der Waals surface area contributed by atoms with Gasteiger partial charge in [-0.3, -0.25) is 14.4 Å². The molecule has 37 heavy (non-hydrogen) atoms. The summed E-state index contributed by atoms with van der Waals surface area (Å²) in [5.74, 6) is -3.36. The van der Waals surface area contributed by atoms with Gasteiger partial charge >= 0.3 is 5.97 Å². The molecule has 204 valence electrons. The minimum atomic E-state index is -1.17. The van der Waals surface area contributed by atoms with Crippen molar-refractivity contribution >= 4 is 23.7 Å². The Bertz CT molecular complexity index is 994. The number of aromatic amines is 2. The fraction of sp³-hybridized carbons (Fsp3) is 0.565. The molecule has 3 amide bonds. The van der Waals surface area contributed by atoms with Gasteiger partial charge < -0.3 is 42.5 Å². The van der Waals surface area contributed by atoms with Crippen LogP contribution >= 0.6 is 0 Å². The van der Waals surface area contributed by atoms with Crippen LogP contribution in [0.1, 0.15) is 44.5 Å². The van der Waals surface area contributed by atoms with Gasteiger partial charge in [-0.15, -0.1) is 0 Å². The summed E-state index contributed by atoms with van der Waals surface area (Å²) in [5, 5.41) is 17.3. The standard InChI is InChI=1S/C23H37N9O5/c1-13(2)19(22(35)30-17(23(36)37)5-3-4-6-24)32-21(34)18(8-15-10-27-12-29-15)31-20(33)16(25)7-14-9-26-11-28-14/h9-13,16-19H,3-8,24-25H2,1-2H3,(H,26,28)(H,27,29)(H,30,35)(H,31,33)(H,32,34)(H,36,37). The Labute approximate surface area is 214 Å². The van der Waals surface area contributed by atoms with Crippen molar-refractivity contribution in [1.29, 1.82) is 0 Å². The molecule has 14 nitrogen and oxygen atoms in total. The molecule has 2 aromatic heterocycles. The first-order valence-electron chi connectivity index (χ1n) is 12.2. The van der Waals surface area contributed by atoms with Crippen LogP contribution in [-0.2, 0) is 32.0 Å². The minimum absolute atomic E-state index is 0.0671. The molecule has 0 aliphatic carbocycles. The average molecular weight is 520 g/mol. The van der Waals surface area contributed by atoms with Crippen LogP contribution in [0.5, 0.6) is 0 Å². The molecular formula is C23H37N9O5. The molecule has 0 aliphatic heterocycles. The number of unbranched alkanes of at least 4 members (excludes halogenated alkanes) is 1. The van der Waals surface area contributed by atoms with E-state index in [1.807, 2.05) is 0 Å². The molecule has 0 bridgehead atoms. The molecule has 4 atom stereocenters. The van der Waals surface area contributed by atoms with E-state index >= 15 is 0 Å². The maximum Gasteiger partial charge on any atom is 0.326 e. The SMILES string of the molecule is CC(C)C(NC(=O)C(Cc1cnc[nH]1)NC(=O)C(N)Cc1cnc[nH]1)C(=O)NC(CCCCN)C(=O)O. The number of carbonyl (C=O) groups excluding carboxylic acids is 3. The van der Waals surface area contributed by atoms with E-state index in [9.17, 15) is 24.3 Å². The largest absolute Gasteiger partial charge is 0.480 e. The lowest BCUT2D eigenvalue weighted by Crippen LogP contribution is -2.59. The summed E-state index contributed by atoms with van der Waals surface area (Å²) < 4.78 is 0. The Morgan fingerprint density at radius 1 is 0.892 bits per heavy atom. The molecule has 4 unspecified atom stereocenters. The Kier molecular flexibility index (Phi) is 11.7. The fourth-order valence-electron chi connectivity index (χ4n) is 3.63. The first-order chi connectivity index (χ1) is 17.6. The lowest BCUT2D eigenvalue weighted by molar-refractivity contribution is -0.142. The second-order valence-corrected chi connectivity index (χ2v) is 9.14. The van der Waals surface area contributed by atoms with Crippen molar-refractivity contribution in [2.24, 2.45) is 17.4 Å². The summed E-state index contributed by atoms with van der Waals surface area (Å²) in [6.07, 6.45) is 7.60. The van der Waals surface area contributed by atoms with Crippen molar-refractivity contribution in [2.45, 2.75) is 70.1 Å². The van der Waals surface area contributed by atoms with Gasteiger partial charge in [-0.2, -0.15) is 0 Å². The Balaban J connectivity index is 2.11. The minimum Gasteiger partial charge on any atom is -0.480 e. The third kappa shape index (κ3) is 9.65. The zero-order valence-electron chi connectivity index (χ0n) is 21.1. The number of carbonyl (C=O) groups is 4. The molecule has 10 N–H and O–H groups in total. The van der Waals surface area contributed by atoms with Crippen molar-refractivity contribution < 1.29 is 24.3 Å². The van der Waals surface area contributed by atoms with Crippen LogP contribution in [0.3, 0.4) is 0 Å². The van der Waals surface area contributed by atoms with Gasteiger partial charge in [0.1, 0.15) is 18.1 Å². The van der Waals surface area contributed by atoms with Gasteiger partial charge in [0.05, 0.1) is 18.7 Å². The third-order valence-electron chi connectivity index (χ3n) is 5.75. The lowest BCUT2D eigenvalue weighted by atomic mass is 10.0. The number of amides is 3. The zero-order chi connectivity index (χ0) is 27.4. The smallest absolute Gasteiger partial charge is 0.326 e. The molecule has 2 heterocycles. The Morgan fingerprint density at radius 2 is 1.49 bits per heavy atom. The molecule has 2 rings (SSSR count). The van der Waals surface area contributed by atoms with E-state index in [1.54, 1.807) is 20.0 Å². The predicted molar refractivity (Wildman–Crippen MR) is 134 cm³/mol. The van der Waals surface area contributed by atoms with Crippen LogP contribution in [0.4, 0.5) is 0 Å². The number of aliphatic carboxylic acids is 1. The summed E-state index contributed by atoms with van der Waals surface area (Å²) >= 11 is 0. The zero-order valence-corrected chi connectivity index (χ0v) is 21.1. The molecule has 0 radical (unpaired) electrons. The third-order valence-corrected chi connectivity index (χ3v) is 5.75. The topological polar surface area (TPSA) is 234 Å². The highest BCUT2D eigenvalue weighted by atomic mass is 16.4. The number of carboxylic acids is 1. The number of imidazole rings is 2. The maximum atomic E-state index is 13.3. The van der Waals surface area contributed by atoms with Crippen molar-refractivity contribution in [1.82, 2.24) is 35.9 Å². The summed E-state index contributed by atoms with van der Waals surface area (Å²) in [7, 11) is 0. The Morgan fingerprint density at radius 3 is 2.00 bits per heavy atom. The van der Waals surface area contributed by atoms with E-state index in [4.69, 9.17) is 11.5 Å². The highest BCUT2D eigenvalue weighted by Crippen LogP contribution is 2.08. The number of nitrogens with two attached hydrogens (primary N) is 2. The summed E-state index contributed by atoms with van der Waals surface area (Å²) in [5.41, 5.74) is 12.7. The highest BCUT2D eigenvalue weighted by molar-refractivity contribution is 5.94. The lowest BCUT2D eigenvalue weighted by Gasteiger charge is -2.27. The van der Waals surface area contributed by atoms with E-state index in [0.717, 1.165) is 0 Å². The molecule has 2 aromatic rings. The van der Waals surface area contributed by atoms with E-state index in [0.29, 0.717) is 30.8 Å². The number of nitrogens with zero attached hydrogens (tertiary/aromatic N) is 2. The van der Waals surface area contributed by atoms with Crippen LogP contribution in [0.2, 0.25) is 0 Å². The number of hydrogen-bond donors (Lipinski definition) is 8. The number of carboxylic acid groups (broad SMARTS) is 1. The predicted octanol–water partition coefficient (Wildman–Crippen LogP) is -1.43. The first kappa shape index (κ1) is 29.5. The molecular weight excluding hydrogens is 482 g/mol. The Hall–Kier alpha value is -3.78. The molecule has 0 saturated carbocycles. The monoisotopic (exact) mass is 519 g/mol.